The zero-order valence-electron chi connectivity index (χ0n) is 11.6. The van der Waals surface area contributed by atoms with Crippen LogP contribution in [0.4, 0.5) is 5.69 Å². The summed E-state index contributed by atoms with van der Waals surface area (Å²) in [5, 5.41) is 10.6. The average molecular weight is 300 g/mol. The second-order valence-corrected chi connectivity index (χ2v) is 4.62. The second kappa shape index (κ2) is 6.68. The molecule has 112 valence electrons. The molecule has 7 nitrogen and oxygen atoms in total. The van der Waals surface area contributed by atoms with Crippen LogP contribution in [0, 0.1) is 10.1 Å². The normalized spacial score (nSPS) is 10.2. The lowest BCUT2D eigenvalue weighted by Crippen LogP contribution is -2.38. The summed E-state index contributed by atoms with van der Waals surface area (Å²) in [6.45, 7) is -0.0657. The molecular formula is C15H14N3O4+. The number of carbonyl (C=O) groups is 2. The fraction of sp³-hybridized carbons (Fsp3) is 0.133. The summed E-state index contributed by atoms with van der Waals surface area (Å²) < 4.78 is 1.58. The Labute approximate surface area is 126 Å². The Hall–Kier alpha value is -2.93. The van der Waals surface area contributed by atoms with Gasteiger partial charge in [0.25, 0.3) is 5.69 Å². The molecule has 0 aliphatic heterocycles. The van der Waals surface area contributed by atoms with Crippen molar-refractivity contribution in [2.24, 2.45) is 5.73 Å². The molecule has 1 heterocycles. The first kappa shape index (κ1) is 15.5. The number of non-ortho nitro benzene ring substituents is 1. The number of rotatable bonds is 6. The molecular weight excluding hydrogens is 286 g/mol. The molecule has 0 saturated heterocycles. The monoisotopic (exact) mass is 300 g/mol. The van der Waals surface area contributed by atoms with Crippen molar-refractivity contribution in [2.45, 2.75) is 6.54 Å². The van der Waals surface area contributed by atoms with Gasteiger partial charge in [-0.25, -0.2) is 0 Å². The van der Waals surface area contributed by atoms with E-state index in [0.29, 0.717) is 11.1 Å². The summed E-state index contributed by atoms with van der Waals surface area (Å²) in [7, 11) is 0. The van der Waals surface area contributed by atoms with Crippen LogP contribution in [-0.2, 0) is 6.54 Å². The van der Waals surface area contributed by atoms with Gasteiger partial charge in [0.15, 0.2) is 18.2 Å². The third kappa shape index (κ3) is 3.58. The number of aromatic nitrogens is 1. The molecule has 2 N–H and O–H groups in total. The quantitative estimate of drug-likeness (QED) is 0.369. The molecule has 1 aromatic carbocycles. The molecule has 0 bridgehead atoms. The van der Waals surface area contributed by atoms with Crippen molar-refractivity contribution >= 4 is 17.3 Å². The van der Waals surface area contributed by atoms with Gasteiger partial charge >= 0.3 is 0 Å². The Kier molecular flexibility index (Phi) is 4.70. The highest BCUT2D eigenvalue weighted by molar-refractivity contribution is 5.97. The van der Waals surface area contributed by atoms with Gasteiger partial charge in [-0.1, -0.05) is 0 Å². The van der Waals surface area contributed by atoms with E-state index in [-0.39, 0.29) is 30.3 Å². The molecule has 0 saturated carbocycles. The van der Waals surface area contributed by atoms with Crippen LogP contribution in [0.2, 0.25) is 0 Å². The fourth-order valence-electron chi connectivity index (χ4n) is 1.93. The lowest BCUT2D eigenvalue weighted by Gasteiger charge is -2.00. The minimum absolute atomic E-state index is 0.0313. The predicted molar refractivity (Wildman–Crippen MR) is 77.4 cm³/mol. The lowest BCUT2D eigenvalue weighted by atomic mass is 10.1. The van der Waals surface area contributed by atoms with E-state index in [9.17, 15) is 19.7 Å². The molecule has 1 aromatic heterocycles. The minimum Gasteiger partial charge on any atom is -0.324 e. The van der Waals surface area contributed by atoms with Crippen LogP contribution in [0.25, 0.3) is 0 Å². The number of benzene rings is 1. The van der Waals surface area contributed by atoms with Crippen molar-refractivity contribution in [1.29, 1.82) is 0 Å². The van der Waals surface area contributed by atoms with Gasteiger partial charge < -0.3 is 5.73 Å². The Bertz CT molecular complexity index is 726. The Morgan fingerprint density at radius 1 is 1.09 bits per heavy atom. The van der Waals surface area contributed by atoms with Crippen LogP contribution in [0.3, 0.4) is 0 Å². The molecule has 0 fully saturated rings. The highest BCUT2D eigenvalue weighted by Gasteiger charge is 2.15. The first-order valence-electron chi connectivity index (χ1n) is 6.51. The number of pyridine rings is 1. The second-order valence-electron chi connectivity index (χ2n) is 4.62. The maximum absolute atomic E-state index is 12.1. The molecule has 0 unspecified atom stereocenters. The number of nitrogens with two attached hydrogens (primary N) is 1. The van der Waals surface area contributed by atoms with Gasteiger partial charge in [0.1, 0.15) is 0 Å². The van der Waals surface area contributed by atoms with Crippen molar-refractivity contribution in [3.63, 3.8) is 0 Å². The number of hydrogen-bond donors (Lipinski definition) is 1. The predicted octanol–water partition coefficient (Wildman–Crippen LogP) is 0.907. The molecule has 22 heavy (non-hydrogen) atoms. The third-order valence-corrected chi connectivity index (χ3v) is 3.09. The van der Waals surface area contributed by atoms with Crippen LogP contribution < -0.4 is 10.3 Å². The maximum Gasteiger partial charge on any atom is 0.269 e. The van der Waals surface area contributed by atoms with Gasteiger partial charge in [0.05, 0.1) is 17.0 Å². The number of Topliss-reactive ketones (excluding diaryl/α,β-unsaturated/α-hetero) is 2. The summed E-state index contributed by atoms with van der Waals surface area (Å²) >= 11 is 0. The lowest BCUT2D eigenvalue weighted by molar-refractivity contribution is -0.683. The SMILES string of the molecule is NCC(=O)c1ccc[n+](CC(=O)c2ccc([N+](=O)[O-])cc2)c1. The van der Waals surface area contributed by atoms with Crippen molar-refractivity contribution in [3.05, 3.63) is 70.0 Å². The molecule has 0 radical (unpaired) electrons. The number of hydrogen-bond acceptors (Lipinski definition) is 5. The van der Waals surface area contributed by atoms with E-state index in [0.717, 1.165) is 0 Å². The first-order chi connectivity index (χ1) is 10.5. The summed E-state index contributed by atoms with van der Waals surface area (Å²) in [4.78, 5) is 33.7. The Balaban J connectivity index is 2.14. The van der Waals surface area contributed by atoms with Gasteiger partial charge in [-0.15, -0.1) is 0 Å². The third-order valence-electron chi connectivity index (χ3n) is 3.09. The van der Waals surface area contributed by atoms with Crippen molar-refractivity contribution < 1.29 is 19.1 Å². The minimum atomic E-state index is -0.523. The van der Waals surface area contributed by atoms with Crippen molar-refractivity contribution in [3.8, 4) is 0 Å². The maximum atomic E-state index is 12.1. The fourth-order valence-corrected chi connectivity index (χ4v) is 1.93. The van der Waals surface area contributed by atoms with Gasteiger partial charge in [-0.2, -0.15) is 4.57 Å². The van der Waals surface area contributed by atoms with E-state index < -0.39 is 4.92 Å². The largest absolute Gasteiger partial charge is 0.324 e. The Morgan fingerprint density at radius 3 is 2.36 bits per heavy atom. The average Bonchev–Trinajstić information content (AvgIpc) is 2.54. The highest BCUT2D eigenvalue weighted by atomic mass is 16.6. The summed E-state index contributed by atoms with van der Waals surface area (Å²) in [6.07, 6.45) is 3.22. The van der Waals surface area contributed by atoms with E-state index >= 15 is 0 Å². The number of nitro benzene ring substituents is 1. The van der Waals surface area contributed by atoms with E-state index in [4.69, 9.17) is 5.73 Å². The van der Waals surface area contributed by atoms with Crippen LogP contribution in [0.5, 0.6) is 0 Å². The summed E-state index contributed by atoms with van der Waals surface area (Å²) in [5.41, 5.74) is 6.04. The summed E-state index contributed by atoms with van der Waals surface area (Å²) in [6, 6.07) is 8.68. The highest BCUT2D eigenvalue weighted by Crippen LogP contribution is 2.12. The molecule has 0 amide bonds. The molecule has 2 rings (SSSR count). The standard InChI is InChI=1S/C15H14N3O4/c16-8-14(19)12-2-1-7-17(9-12)10-15(20)11-3-5-13(6-4-11)18(21)22/h1-7,9H,8,10,16H2/q+1. The van der Waals surface area contributed by atoms with Crippen molar-refractivity contribution in [2.75, 3.05) is 6.54 Å². The van der Waals surface area contributed by atoms with E-state index in [2.05, 4.69) is 0 Å². The number of ketones is 2. The van der Waals surface area contributed by atoms with Gasteiger partial charge in [0, 0.05) is 23.8 Å². The number of carbonyl (C=O) groups excluding carboxylic acids is 2. The molecule has 0 aliphatic carbocycles. The Morgan fingerprint density at radius 2 is 1.77 bits per heavy atom. The number of nitro groups is 1. The topological polar surface area (TPSA) is 107 Å². The zero-order chi connectivity index (χ0) is 16.1. The molecule has 0 atom stereocenters. The van der Waals surface area contributed by atoms with Crippen LogP contribution in [-0.4, -0.2) is 23.0 Å². The van der Waals surface area contributed by atoms with Crippen LogP contribution in [0.15, 0.2) is 48.8 Å². The van der Waals surface area contributed by atoms with Gasteiger partial charge in [-0.3, -0.25) is 19.7 Å². The van der Waals surface area contributed by atoms with Crippen LogP contribution >= 0.6 is 0 Å². The first-order valence-corrected chi connectivity index (χ1v) is 6.51. The number of nitrogens with zero attached hydrogens (tertiary/aromatic N) is 2. The van der Waals surface area contributed by atoms with Gasteiger partial charge in [-0.05, 0) is 18.2 Å². The van der Waals surface area contributed by atoms with E-state index in [1.54, 1.807) is 29.1 Å². The smallest absolute Gasteiger partial charge is 0.269 e. The molecule has 2 aromatic rings. The molecule has 0 spiro atoms. The van der Waals surface area contributed by atoms with E-state index in [1.165, 1.54) is 24.3 Å². The van der Waals surface area contributed by atoms with E-state index in [1.807, 2.05) is 0 Å². The molecule has 7 heteroatoms. The zero-order valence-corrected chi connectivity index (χ0v) is 11.6. The van der Waals surface area contributed by atoms with Crippen molar-refractivity contribution in [1.82, 2.24) is 0 Å². The summed E-state index contributed by atoms with van der Waals surface area (Å²) in [5.74, 6) is -0.422. The van der Waals surface area contributed by atoms with Gasteiger partial charge in [0.2, 0.25) is 12.3 Å². The molecule has 0 aliphatic rings. The van der Waals surface area contributed by atoms with Crippen LogP contribution in [0.1, 0.15) is 20.7 Å².